The van der Waals surface area contributed by atoms with Crippen molar-refractivity contribution in [2.45, 2.75) is 38.5 Å². The fourth-order valence-corrected chi connectivity index (χ4v) is 2.56. The van der Waals surface area contributed by atoms with Crippen molar-refractivity contribution in [3.8, 4) is 0 Å². The van der Waals surface area contributed by atoms with E-state index in [1.54, 1.807) is 43.4 Å². The van der Waals surface area contributed by atoms with Gasteiger partial charge in [0.05, 0.1) is 17.6 Å². The minimum atomic E-state index is -0.473. The Balaban J connectivity index is 2.72. The van der Waals surface area contributed by atoms with E-state index in [-0.39, 0.29) is 17.4 Å². The average Bonchev–Trinajstić information content (AvgIpc) is 2.61. The van der Waals surface area contributed by atoms with Crippen LogP contribution in [0.5, 0.6) is 0 Å². The minimum Gasteiger partial charge on any atom is -0.469 e. The van der Waals surface area contributed by atoms with Gasteiger partial charge in [0.15, 0.2) is 5.78 Å². The molecule has 0 fully saturated rings. The van der Waals surface area contributed by atoms with Crippen LogP contribution < -0.4 is 0 Å². The van der Waals surface area contributed by atoms with Gasteiger partial charge in [0.1, 0.15) is 0 Å². The van der Waals surface area contributed by atoms with Crippen LogP contribution in [0, 0.1) is 10.1 Å². The molecule has 142 valence electrons. The van der Waals surface area contributed by atoms with Crippen LogP contribution in [0.2, 0.25) is 0 Å². The van der Waals surface area contributed by atoms with Gasteiger partial charge in [-0.3, -0.25) is 19.7 Å². The number of nitro benzene ring substituents is 1. The zero-order valence-electron chi connectivity index (χ0n) is 15.6. The summed E-state index contributed by atoms with van der Waals surface area (Å²) in [6, 6.07) is 6.27. The lowest BCUT2D eigenvalue weighted by Crippen LogP contribution is -2.10. The lowest BCUT2D eigenvalue weighted by Gasteiger charge is -2.12. The summed E-state index contributed by atoms with van der Waals surface area (Å²) in [6.45, 7) is 0. The number of ether oxygens (including phenoxy) is 1. The van der Waals surface area contributed by atoms with Gasteiger partial charge < -0.3 is 9.64 Å². The summed E-state index contributed by atoms with van der Waals surface area (Å²) in [5.41, 5.74) is 0.603. The van der Waals surface area contributed by atoms with Crippen molar-refractivity contribution < 1.29 is 19.2 Å². The number of hydrogen-bond donors (Lipinski definition) is 0. The third kappa shape index (κ3) is 7.04. The highest BCUT2D eigenvalue weighted by Crippen LogP contribution is 2.28. The predicted molar refractivity (Wildman–Crippen MR) is 99.5 cm³/mol. The summed E-state index contributed by atoms with van der Waals surface area (Å²) in [6.07, 6.45) is 5.37. The Morgan fingerprint density at radius 3 is 2.31 bits per heavy atom. The fraction of sp³-hybridized carbons (Fsp3) is 0.474. The van der Waals surface area contributed by atoms with Crippen LogP contribution in [0.15, 0.2) is 30.5 Å². The van der Waals surface area contributed by atoms with Gasteiger partial charge in [-0.1, -0.05) is 25.0 Å². The Kier molecular flexibility index (Phi) is 9.05. The molecule has 0 aliphatic carbocycles. The van der Waals surface area contributed by atoms with Crippen LogP contribution in [0.1, 0.15) is 44.1 Å². The number of benzene rings is 1. The van der Waals surface area contributed by atoms with Gasteiger partial charge in [0.2, 0.25) is 0 Å². The van der Waals surface area contributed by atoms with Gasteiger partial charge >= 0.3 is 5.97 Å². The van der Waals surface area contributed by atoms with E-state index in [1.807, 2.05) is 0 Å². The molecule has 0 aromatic heterocycles. The van der Waals surface area contributed by atoms with Crippen LogP contribution in [-0.2, 0) is 14.3 Å². The van der Waals surface area contributed by atoms with Crippen molar-refractivity contribution in [3.05, 3.63) is 46.1 Å². The summed E-state index contributed by atoms with van der Waals surface area (Å²) in [7, 11) is 4.91. The summed E-state index contributed by atoms with van der Waals surface area (Å²) in [5.74, 6) is -0.352. The van der Waals surface area contributed by atoms with Crippen molar-refractivity contribution >= 4 is 23.0 Å². The highest BCUT2D eigenvalue weighted by molar-refractivity contribution is 6.21. The third-order valence-corrected chi connectivity index (χ3v) is 3.84. The Bertz CT molecular complexity index is 668. The first kappa shape index (κ1) is 21.3. The maximum Gasteiger partial charge on any atom is 0.305 e. The van der Waals surface area contributed by atoms with Gasteiger partial charge in [0, 0.05) is 44.8 Å². The maximum atomic E-state index is 12.6. The van der Waals surface area contributed by atoms with Gasteiger partial charge in [-0.15, -0.1) is 0 Å². The number of allylic oxidation sites excluding steroid dienone is 1. The van der Waals surface area contributed by atoms with Gasteiger partial charge in [0.25, 0.3) is 5.69 Å². The molecule has 0 amide bonds. The molecule has 26 heavy (non-hydrogen) atoms. The molecule has 1 aromatic carbocycles. The quantitative estimate of drug-likeness (QED) is 0.196. The molecule has 0 spiro atoms. The molecular weight excluding hydrogens is 336 g/mol. The molecule has 1 rings (SSSR count). The van der Waals surface area contributed by atoms with Crippen molar-refractivity contribution in [2.75, 3.05) is 21.2 Å². The van der Waals surface area contributed by atoms with E-state index in [4.69, 9.17) is 0 Å². The lowest BCUT2D eigenvalue weighted by atomic mass is 9.97. The second-order valence-electron chi connectivity index (χ2n) is 6.19. The average molecular weight is 362 g/mol. The Hall–Kier alpha value is -2.70. The van der Waals surface area contributed by atoms with Crippen LogP contribution in [0.25, 0.3) is 5.57 Å². The number of esters is 1. The van der Waals surface area contributed by atoms with Gasteiger partial charge in [-0.25, -0.2) is 0 Å². The summed E-state index contributed by atoms with van der Waals surface area (Å²) < 4.78 is 4.58. The van der Waals surface area contributed by atoms with Crippen molar-refractivity contribution in [1.82, 2.24) is 4.90 Å². The van der Waals surface area contributed by atoms with Crippen molar-refractivity contribution in [2.24, 2.45) is 0 Å². The number of rotatable bonds is 11. The highest BCUT2D eigenvalue weighted by Gasteiger charge is 2.21. The number of unbranched alkanes of at least 4 members (excludes halogenated alkanes) is 3. The molecule has 0 saturated heterocycles. The summed E-state index contributed by atoms with van der Waals surface area (Å²) in [4.78, 5) is 36.2. The van der Waals surface area contributed by atoms with Crippen molar-refractivity contribution in [1.29, 1.82) is 0 Å². The number of nitrogens with zero attached hydrogens (tertiary/aromatic N) is 2. The lowest BCUT2D eigenvalue weighted by molar-refractivity contribution is -0.385. The Morgan fingerprint density at radius 1 is 1.12 bits per heavy atom. The molecule has 0 bridgehead atoms. The molecule has 0 N–H and O–H groups in total. The number of para-hydroxylation sites is 1. The monoisotopic (exact) mass is 362 g/mol. The van der Waals surface area contributed by atoms with Crippen LogP contribution in [0.4, 0.5) is 5.69 Å². The smallest absolute Gasteiger partial charge is 0.305 e. The number of carbonyl (C=O) groups is 2. The zero-order valence-corrected chi connectivity index (χ0v) is 15.6. The second-order valence-corrected chi connectivity index (χ2v) is 6.19. The first-order chi connectivity index (χ1) is 12.4. The fourth-order valence-electron chi connectivity index (χ4n) is 2.56. The molecule has 0 radical (unpaired) electrons. The third-order valence-electron chi connectivity index (χ3n) is 3.84. The molecule has 0 atom stereocenters. The predicted octanol–water partition coefficient (Wildman–Crippen LogP) is 3.58. The number of hydrogen-bond acceptors (Lipinski definition) is 6. The molecule has 0 aliphatic rings. The molecule has 7 heteroatoms. The minimum absolute atomic E-state index is 0.0768. The van der Waals surface area contributed by atoms with Crippen LogP contribution in [0.3, 0.4) is 0 Å². The van der Waals surface area contributed by atoms with E-state index >= 15 is 0 Å². The standard InChI is InChI=1S/C19H26N2O5/c1-20(2)14-16(15-10-8-9-11-17(15)21(24)25)18(22)12-6-4-5-7-13-19(23)26-3/h8-11,14H,4-7,12-13H2,1-3H3/b16-14-. The van der Waals surface area contributed by atoms with Gasteiger partial charge in [-0.05, 0) is 18.9 Å². The molecule has 7 nitrogen and oxygen atoms in total. The van der Waals surface area contributed by atoms with E-state index in [0.29, 0.717) is 30.4 Å². The molecule has 0 heterocycles. The van der Waals surface area contributed by atoms with Crippen LogP contribution in [-0.4, -0.2) is 42.8 Å². The van der Waals surface area contributed by atoms with E-state index in [9.17, 15) is 19.7 Å². The SMILES string of the molecule is COC(=O)CCCCCCC(=O)/C(=C\N(C)C)c1ccccc1[N+](=O)[O-]. The number of methoxy groups -OCH3 is 1. The molecule has 1 aromatic rings. The highest BCUT2D eigenvalue weighted by atomic mass is 16.6. The normalized spacial score (nSPS) is 11.1. The first-order valence-electron chi connectivity index (χ1n) is 8.59. The van der Waals surface area contributed by atoms with Gasteiger partial charge in [-0.2, -0.15) is 0 Å². The molecule has 0 unspecified atom stereocenters. The van der Waals surface area contributed by atoms with Crippen LogP contribution >= 0.6 is 0 Å². The largest absolute Gasteiger partial charge is 0.469 e. The zero-order chi connectivity index (χ0) is 19.5. The summed E-state index contributed by atoms with van der Waals surface area (Å²) >= 11 is 0. The number of ketones is 1. The maximum absolute atomic E-state index is 12.6. The van der Waals surface area contributed by atoms with E-state index < -0.39 is 4.92 Å². The number of nitro groups is 1. The Morgan fingerprint density at radius 2 is 1.73 bits per heavy atom. The van der Waals surface area contributed by atoms with E-state index in [1.165, 1.54) is 13.2 Å². The van der Waals surface area contributed by atoms with E-state index in [2.05, 4.69) is 4.74 Å². The van der Waals surface area contributed by atoms with E-state index in [0.717, 1.165) is 19.3 Å². The number of Topliss-reactive ketones (excluding diaryl/α,β-unsaturated/α-hetero) is 1. The molecule has 0 aliphatic heterocycles. The second kappa shape index (κ2) is 11.0. The summed E-state index contributed by atoms with van der Waals surface area (Å²) in [5, 5.41) is 11.3. The molecule has 0 saturated carbocycles. The number of carbonyl (C=O) groups excluding carboxylic acids is 2. The van der Waals surface area contributed by atoms with Crippen molar-refractivity contribution in [3.63, 3.8) is 0 Å². The topological polar surface area (TPSA) is 89.8 Å². The first-order valence-corrected chi connectivity index (χ1v) is 8.59. The Labute approximate surface area is 153 Å². The molecular formula is C19H26N2O5.